The van der Waals surface area contributed by atoms with Crippen molar-refractivity contribution in [3.63, 3.8) is 0 Å². The molecule has 24 heavy (non-hydrogen) atoms. The van der Waals surface area contributed by atoms with Crippen LogP contribution < -0.4 is 0 Å². The molecule has 0 saturated carbocycles. The fraction of sp³-hybridized carbons (Fsp3) is 0.263. The normalized spacial score (nSPS) is 15.6. The molecule has 1 fully saturated rings. The lowest BCUT2D eigenvalue weighted by atomic mass is 9.89. The SMILES string of the molecule is O=C(c1ccsc1)N1CCC(c2[nH]ncc2-c2ccccc2)CC1. The minimum Gasteiger partial charge on any atom is -0.339 e. The summed E-state index contributed by atoms with van der Waals surface area (Å²) in [6, 6.07) is 12.3. The molecule has 1 aliphatic rings. The Morgan fingerprint density at radius 1 is 1.17 bits per heavy atom. The summed E-state index contributed by atoms with van der Waals surface area (Å²) in [5, 5.41) is 11.3. The molecule has 0 radical (unpaired) electrons. The van der Waals surface area contributed by atoms with Crippen LogP contribution >= 0.6 is 11.3 Å². The number of rotatable bonds is 3. The lowest BCUT2D eigenvalue weighted by Gasteiger charge is -2.31. The molecular weight excluding hydrogens is 318 g/mol. The lowest BCUT2D eigenvalue weighted by Crippen LogP contribution is -2.37. The maximum atomic E-state index is 12.5. The van der Waals surface area contributed by atoms with E-state index in [-0.39, 0.29) is 5.91 Å². The Hall–Kier alpha value is -2.40. The third-order valence-corrected chi connectivity index (χ3v) is 5.40. The molecule has 0 bridgehead atoms. The van der Waals surface area contributed by atoms with Gasteiger partial charge in [-0.15, -0.1) is 0 Å². The number of thiophene rings is 1. The summed E-state index contributed by atoms with van der Waals surface area (Å²) >= 11 is 1.57. The van der Waals surface area contributed by atoms with Gasteiger partial charge >= 0.3 is 0 Å². The molecule has 3 aromatic rings. The number of carbonyl (C=O) groups excluding carboxylic acids is 1. The highest BCUT2D eigenvalue weighted by atomic mass is 32.1. The summed E-state index contributed by atoms with van der Waals surface area (Å²) in [6.45, 7) is 1.60. The van der Waals surface area contributed by atoms with E-state index < -0.39 is 0 Å². The van der Waals surface area contributed by atoms with E-state index >= 15 is 0 Å². The predicted molar refractivity (Wildman–Crippen MR) is 96.2 cm³/mol. The summed E-state index contributed by atoms with van der Waals surface area (Å²) in [5.41, 5.74) is 4.38. The van der Waals surface area contributed by atoms with Crippen LogP contribution in [0.15, 0.2) is 53.4 Å². The second kappa shape index (κ2) is 6.61. The number of likely N-dealkylation sites (tertiary alicyclic amines) is 1. The van der Waals surface area contributed by atoms with Crippen LogP contribution in [0.25, 0.3) is 11.1 Å². The van der Waals surface area contributed by atoms with Crippen molar-refractivity contribution in [2.75, 3.05) is 13.1 Å². The summed E-state index contributed by atoms with van der Waals surface area (Å²) in [4.78, 5) is 14.4. The summed E-state index contributed by atoms with van der Waals surface area (Å²) in [7, 11) is 0. The quantitative estimate of drug-likeness (QED) is 0.780. The first-order valence-electron chi connectivity index (χ1n) is 8.23. The number of aromatic nitrogens is 2. The van der Waals surface area contributed by atoms with Gasteiger partial charge in [0.15, 0.2) is 0 Å². The summed E-state index contributed by atoms with van der Waals surface area (Å²) in [6.07, 6.45) is 3.85. The molecule has 1 saturated heterocycles. The van der Waals surface area contributed by atoms with Crippen molar-refractivity contribution < 1.29 is 4.79 Å². The molecule has 122 valence electrons. The zero-order valence-electron chi connectivity index (χ0n) is 13.3. The topological polar surface area (TPSA) is 49.0 Å². The van der Waals surface area contributed by atoms with Gasteiger partial charge in [-0.1, -0.05) is 30.3 Å². The Kier molecular flexibility index (Phi) is 4.17. The molecule has 5 heteroatoms. The molecule has 0 atom stereocenters. The monoisotopic (exact) mass is 337 g/mol. The van der Waals surface area contributed by atoms with E-state index in [4.69, 9.17) is 0 Å². The summed E-state index contributed by atoms with van der Waals surface area (Å²) in [5.74, 6) is 0.580. The zero-order valence-corrected chi connectivity index (χ0v) is 14.1. The first-order valence-corrected chi connectivity index (χ1v) is 9.17. The van der Waals surface area contributed by atoms with Crippen molar-refractivity contribution in [1.29, 1.82) is 0 Å². The highest BCUT2D eigenvalue weighted by Gasteiger charge is 2.27. The Balaban J connectivity index is 1.47. The Morgan fingerprint density at radius 2 is 1.96 bits per heavy atom. The third kappa shape index (κ3) is 2.87. The van der Waals surface area contributed by atoms with Crippen LogP contribution in [-0.4, -0.2) is 34.1 Å². The molecule has 0 spiro atoms. The van der Waals surface area contributed by atoms with Crippen molar-refractivity contribution in [1.82, 2.24) is 15.1 Å². The number of H-pyrrole nitrogens is 1. The number of benzene rings is 1. The van der Waals surface area contributed by atoms with Crippen LogP contribution in [0.1, 0.15) is 34.8 Å². The van der Waals surface area contributed by atoms with Gasteiger partial charge in [0.1, 0.15) is 0 Å². The smallest absolute Gasteiger partial charge is 0.254 e. The van der Waals surface area contributed by atoms with Gasteiger partial charge in [-0.2, -0.15) is 16.4 Å². The van der Waals surface area contributed by atoms with Gasteiger partial charge < -0.3 is 4.90 Å². The van der Waals surface area contributed by atoms with Crippen LogP contribution in [0.4, 0.5) is 0 Å². The predicted octanol–water partition coefficient (Wildman–Crippen LogP) is 4.16. The molecule has 1 aromatic carbocycles. The van der Waals surface area contributed by atoms with Crippen molar-refractivity contribution in [2.24, 2.45) is 0 Å². The second-order valence-corrected chi connectivity index (χ2v) is 6.92. The molecule has 4 nitrogen and oxygen atoms in total. The highest BCUT2D eigenvalue weighted by Crippen LogP contribution is 2.34. The van der Waals surface area contributed by atoms with Gasteiger partial charge in [-0.25, -0.2) is 0 Å². The maximum absolute atomic E-state index is 12.5. The standard InChI is InChI=1S/C19H19N3OS/c23-19(16-8-11-24-13-16)22-9-6-15(7-10-22)18-17(12-20-21-18)14-4-2-1-3-5-14/h1-5,8,11-13,15H,6-7,9-10H2,(H,20,21). The first-order chi connectivity index (χ1) is 11.8. The molecule has 0 aliphatic carbocycles. The van der Waals surface area contributed by atoms with E-state index in [9.17, 15) is 4.79 Å². The Bertz CT molecular complexity index is 802. The average Bonchev–Trinajstić information content (AvgIpc) is 3.34. The van der Waals surface area contributed by atoms with Crippen molar-refractivity contribution in [2.45, 2.75) is 18.8 Å². The van der Waals surface area contributed by atoms with Crippen LogP contribution in [0, 0.1) is 0 Å². The molecule has 1 aliphatic heterocycles. The van der Waals surface area contributed by atoms with E-state index in [0.717, 1.165) is 31.5 Å². The van der Waals surface area contributed by atoms with Gasteiger partial charge in [-0.3, -0.25) is 9.89 Å². The van der Waals surface area contributed by atoms with Crippen molar-refractivity contribution in [3.05, 3.63) is 64.6 Å². The van der Waals surface area contributed by atoms with Crippen LogP contribution in [-0.2, 0) is 0 Å². The van der Waals surface area contributed by atoms with E-state index in [1.807, 2.05) is 46.1 Å². The van der Waals surface area contributed by atoms with Crippen LogP contribution in [0.2, 0.25) is 0 Å². The highest BCUT2D eigenvalue weighted by molar-refractivity contribution is 7.08. The zero-order chi connectivity index (χ0) is 16.4. The van der Waals surface area contributed by atoms with Gasteiger partial charge in [0, 0.05) is 35.6 Å². The van der Waals surface area contributed by atoms with E-state index in [1.165, 1.54) is 16.8 Å². The maximum Gasteiger partial charge on any atom is 0.254 e. The average molecular weight is 337 g/mol. The van der Waals surface area contributed by atoms with Gasteiger partial charge in [0.05, 0.1) is 11.8 Å². The molecule has 2 aromatic heterocycles. The van der Waals surface area contributed by atoms with Gasteiger partial charge in [0.25, 0.3) is 5.91 Å². The number of nitrogens with zero attached hydrogens (tertiary/aromatic N) is 2. The second-order valence-electron chi connectivity index (χ2n) is 6.14. The van der Waals surface area contributed by atoms with Crippen molar-refractivity contribution in [3.8, 4) is 11.1 Å². The van der Waals surface area contributed by atoms with Crippen LogP contribution in [0.5, 0.6) is 0 Å². The van der Waals surface area contributed by atoms with Gasteiger partial charge in [0.2, 0.25) is 0 Å². The molecular formula is C19H19N3OS. The number of carbonyl (C=O) groups is 1. The van der Waals surface area contributed by atoms with E-state index in [2.05, 4.69) is 22.3 Å². The van der Waals surface area contributed by atoms with Gasteiger partial charge in [-0.05, 0) is 29.9 Å². The molecule has 0 unspecified atom stereocenters. The molecule has 4 rings (SSSR count). The number of aromatic amines is 1. The first kappa shape index (κ1) is 15.1. The molecule has 3 heterocycles. The minimum absolute atomic E-state index is 0.155. The summed E-state index contributed by atoms with van der Waals surface area (Å²) < 4.78 is 0. The fourth-order valence-electron chi connectivity index (χ4n) is 3.40. The van der Waals surface area contributed by atoms with E-state index in [0.29, 0.717) is 5.92 Å². The number of nitrogens with one attached hydrogen (secondary N) is 1. The molecule has 1 amide bonds. The largest absolute Gasteiger partial charge is 0.339 e. The minimum atomic E-state index is 0.155. The number of piperidine rings is 1. The number of amides is 1. The third-order valence-electron chi connectivity index (χ3n) is 4.71. The van der Waals surface area contributed by atoms with E-state index in [1.54, 1.807) is 11.3 Å². The lowest BCUT2D eigenvalue weighted by molar-refractivity contribution is 0.0713. The fourth-order valence-corrected chi connectivity index (χ4v) is 4.02. The van der Waals surface area contributed by atoms with Crippen molar-refractivity contribution >= 4 is 17.2 Å². The molecule has 1 N–H and O–H groups in total. The number of hydrogen-bond donors (Lipinski definition) is 1. The number of hydrogen-bond acceptors (Lipinski definition) is 3. The Morgan fingerprint density at radius 3 is 2.67 bits per heavy atom. The Labute approximate surface area is 145 Å². The van der Waals surface area contributed by atoms with Crippen LogP contribution in [0.3, 0.4) is 0 Å².